The molecular formula is C5H6BrN3. The molecule has 0 radical (unpaired) electrons. The maximum Gasteiger partial charge on any atom is 0.130 e. The van der Waals surface area contributed by atoms with E-state index in [1.54, 1.807) is 12.3 Å². The Kier molecular flexibility index (Phi) is 2.02. The van der Waals surface area contributed by atoms with Crippen molar-refractivity contribution in [2.45, 2.75) is 0 Å². The highest BCUT2D eigenvalue weighted by atomic mass is 79.9. The van der Waals surface area contributed by atoms with Gasteiger partial charge in [0, 0.05) is 6.20 Å². The number of nitrogens with two attached hydrogens (primary N) is 1. The highest BCUT2D eigenvalue weighted by Crippen LogP contribution is 2.15. The quantitative estimate of drug-likeness (QED) is 0.394. The van der Waals surface area contributed by atoms with Crippen molar-refractivity contribution in [1.29, 1.82) is 0 Å². The molecule has 4 heteroatoms. The number of pyridine rings is 1. The fourth-order valence-electron chi connectivity index (χ4n) is 0.494. The van der Waals surface area contributed by atoms with Gasteiger partial charge in [-0.1, -0.05) is 0 Å². The summed E-state index contributed by atoms with van der Waals surface area (Å²) in [5.41, 5.74) is 3.28. The van der Waals surface area contributed by atoms with Gasteiger partial charge in [0.05, 0.1) is 5.69 Å². The number of rotatable bonds is 1. The molecule has 1 aromatic heterocycles. The highest BCUT2D eigenvalue weighted by molar-refractivity contribution is 9.10. The maximum atomic E-state index is 5.13. The average molecular weight is 188 g/mol. The molecule has 0 aliphatic carbocycles. The van der Waals surface area contributed by atoms with Crippen molar-refractivity contribution in [2.75, 3.05) is 5.43 Å². The fourth-order valence-corrected chi connectivity index (χ4v) is 0.859. The normalized spacial score (nSPS) is 9.11. The van der Waals surface area contributed by atoms with Crippen LogP contribution in [0.15, 0.2) is 22.9 Å². The van der Waals surface area contributed by atoms with Crippen LogP contribution in [0.5, 0.6) is 0 Å². The van der Waals surface area contributed by atoms with E-state index in [4.69, 9.17) is 5.84 Å². The predicted octanol–water partition coefficient (Wildman–Crippen LogP) is 1.13. The minimum Gasteiger partial charge on any atom is -0.322 e. The molecule has 1 heterocycles. The predicted molar refractivity (Wildman–Crippen MR) is 39.7 cm³/mol. The van der Waals surface area contributed by atoms with Gasteiger partial charge in [-0.3, -0.25) is 5.84 Å². The monoisotopic (exact) mass is 187 g/mol. The first kappa shape index (κ1) is 6.51. The minimum atomic E-state index is 0.729. The molecule has 0 saturated heterocycles. The first-order valence-electron chi connectivity index (χ1n) is 2.41. The number of hydrogen-bond donors (Lipinski definition) is 2. The Morgan fingerprint density at radius 1 is 1.67 bits per heavy atom. The molecule has 0 aliphatic heterocycles. The second-order valence-electron chi connectivity index (χ2n) is 1.49. The molecule has 0 amide bonds. The van der Waals surface area contributed by atoms with E-state index < -0.39 is 0 Å². The lowest BCUT2D eigenvalue weighted by Gasteiger charge is -1.98. The van der Waals surface area contributed by atoms with Crippen LogP contribution in [0.3, 0.4) is 0 Å². The van der Waals surface area contributed by atoms with Gasteiger partial charge in [0.2, 0.25) is 0 Å². The van der Waals surface area contributed by atoms with E-state index in [2.05, 4.69) is 26.3 Å². The first-order chi connectivity index (χ1) is 4.34. The molecule has 0 spiro atoms. The molecule has 1 aromatic rings. The number of nitrogens with zero attached hydrogens (tertiary/aromatic N) is 1. The molecule has 0 atom stereocenters. The van der Waals surface area contributed by atoms with Crippen molar-refractivity contribution in [3.8, 4) is 0 Å². The van der Waals surface area contributed by atoms with Crippen molar-refractivity contribution in [3.63, 3.8) is 0 Å². The van der Waals surface area contributed by atoms with E-state index in [9.17, 15) is 0 Å². The van der Waals surface area contributed by atoms with E-state index in [1.807, 2.05) is 6.07 Å². The lowest BCUT2D eigenvalue weighted by Crippen LogP contribution is -2.07. The largest absolute Gasteiger partial charge is 0.322 e. The van der Waals surface area contributed by atoms with E-state index in [0.717, 1.165) is 10.3 Å². The molecule has 3 nitrogen and oxygen atoms in total. The van der Waals surface area contributed by atoms with Gasteiger partial charge in [-0.15, -0.1) is 0 Å². The van der Waals surface area contributed by atoms with Crippen LogP contribution in [0.4, 0.5) is 5.69 Å². The second kappa shape index (κ2) is 2.80. The van der Waals surface area contributed by atoms with Crippen LogP contribution in [0, 0.1) is 0 Å². The van der Waals surface area contributed by atoms with Gasteiger partial charge in [0.15, 0.2) is 0 Å². The Bertz CT molecular complexity index is 201. The molecular weight excluding hydrogens is 182 g/mol. The topological polar surface area (TPSA) is 50.9 Å². The molecule has 0 saturated carbocycles. The lowest BCUT2D eigenvalue weighted by molar-refractivity contribution is 1.23. The van der Waals surface area contributed by atoms with Crippen molar-refractivity contribution >= 4 is 21.6 Å². The number of nitrogen functional groups attached to an aromatic ring is 1. The van der Waals surface area contributed by atoms with Gasteiger partial charge in [0.1, 0.15) is 4.60 Å². The van der Waals surface area contributed by atoms with Gasteiger partial charge >= 0.3 is 0 Å². The maximum absolute atomic E-state index is 5.13. The number of halogens is 1. The summed E-state index contributed by atoms with van der Waals surface area (Å²) in [4.78, 5) is 3.92. The van der Waals surface area contributed by atoms with E-state index in [-0.39, 0.29) is 0 Å². The van der Waals surface area contributed by atoms with Crippen molar-refractivity contribution in [1.82, 2.24) is 4.98 Å². The third-order valence-electron chi connectivity index (χ3n) is 0.915. The van der Waals surface area contributed by atoms with Crippen LogP contribution in [-0.4, -0.2) is 4.98 Å². The number of hydrazine groups is 1. The second-order valence-corrected chi connectivity index (χ2v) is 2.24. The zero-order valence-corrected chi connectivity index (χ0v) is 6.22. The summed E-state index contributed by atoms with van der Waals surface area (Å²) >= 11 is 3.20. The van der Waals surface area contributed by atoms with Crippen LogP contribution in [0.25, 0.3) is 0 Å². The molecule has 48 valence electrons. The molecule has 0 fully saturated rings. The smallest absolute Gasteiger partial charge is 0.130 e. The van der Waals surface area contributed by atoms with Crippen LogP contribution in [0.2, 0.25) is 0 Å². The third kappa shape index (κ3) is 1.40. The van der Waals surface area contributed by atoms with Gasteiger partial charge in [-0.05, 0) is 28.1 Å². The summed E-state index contributed by atoms with van der Waals surface area (Å²) in [5, 5.41) is 0. The SMILES string of the molecule is NNc1cccnc1Br. The first-order valence-corrected chi connectivity index (χ1v) is 3.21. The zero-order valence-electron chi connectivity index (χ0n) is 4.63. The Morgan fingerprint density at radius 3 is 2.89 bits per heavy atom. The van der Waals surface area contributed by atoms with Crippen LogP contribution < -0.4 is 11.3 Å². The lowest BCUT2D eigenvalue weighted by atomic mass is 10.4. The van der Waals surface area contributed by atoms with Gasteiger partial charge in [-0.25, -0.2) is 4.98 Å². The van der Waals surface area contributed by atoms with Crippen molar-refractivity contribution in [3.05, 3.63) is 22.9 Å². The zero-order chi connectivity index (χ0) is 6.69. The average Bonchev–Trinajstić information content (AvgIpc) is 1.89. The molecule has 0 bridgehead atoms. The summed E-state index contributed by atoms with van der Waals surface area (Å²) < 4.78 is 0.729. The van der Waals surface area contributed by atoms with E-state index in [1.165, 1.54) is 0 Å². The standard InChI is InChI=1S/C5H6BrN3/c6-5-4(9-7)2-1-3-8-5/h1-3,9H,7H2. The molecule has 9 heavy (non-hydrogen) atoms. The summed E-state index contributed by atoms with van der Waals surface area (Å²) in [6.07, 6.45) is 1.69. The van der Waals surface area contributed by atoms with Crippen molar-refractivity contribution < 1.29 is 0 Å². The Morgan fingerprint density at radius 2 is 2.44 bits per heavy atom. The Labute approximate surface area is 61.4 Å². The van der Waals surface area contributed by atoms with Crippen LogP contribution in [-0.2, 0) is 0 Å². The molecule has 0 aromatic carbocycles. The molecule has 0 aliphatic rings. The Balaban J connectivity index is 3.01. The number of hydrogen-bond acceptors (Lipinski definition) is 3. The van der Waals surface area contributed by atoms with Gasteiger partial charge in [-0.2, -0.15) is 0 Å². The summed E-state index contributed by atoms with van der Waals surface area (Å²) in [7, 11) is 0. The van der Waals surface area contributed by atoms with E-state index >= 15 is 0 Å². The third-order valence-corrected chi connectivity index (χ3v) is 1.55. The molecule has 0 unspecified atom stereocenters. The van der Waals surface area contributed by atoms with Crippen LogP contribution in [0.1, 0.15) is 0 Å². The number of anilines is 1. The summed E-state index contributed by atoms with van der Waals surface area (Å²) in [5.74, 6) is 5.13. The van der Waals surface area contributed by atoms with E-state index in [0.29, 0.717) is 0 Å². The Hall–Kier alpha value is -0.610. The number of aromatic nitrogens is 1. The number of nitrogens with one attached hydrogen (secondary N) is 1. The fraction of sp³-hybridized carbons (Fsp3) is 0. The van der Waals surface area contributed by atoms with Crippen LogP contribution >= 0.6 is 15.9 Å². The van der Waals surface area contributed by atoms with Gasteiger partial charge < -0.3 is 5.43 Å². The van der Waals surface area contributed by atoms with Crippen molar-refractivity contribution in [2.24, 2.45) is 5.84 Å². The summed E-state index contributed by atoms with van der Waals surface area (Å²) in [6, 6.07) is 3.64. The molecule has 3 N–H and O–H groups in total. The molecule has 1 rings (SSSR count). The summed E-state index contributed by atoms with van der Waals surface area (Å²) in [6.45, 7) is 0. The van der Waals surface area contributed by atoms with Gasteiger partial charge in [0.25, 0.3) is 0 Å². The minimum absolute atomic E-state index is 0.729. The highest BCUT2D eigenvalue weighted by Gasteiger charge is 1.92.